The van der Waals surface area contributed by atoms with E-state index in [2.05, 4.69) is 52.7 Å². The molecule has 1 amide bonds. The first kappa shape index (κ1) is 21.1. The molecule has 1 aliphatic heterocycles. The van der Waals surface area contributed by atoms with Gasteiger partial charge in [-0.3, -0.25) is 9.69 Å². The molecule has 4 heteroatoms. The number of aryl methyl sites for hydroxylation is 1. The van der Waals surface area contributed by atoms with E-state index >= 15 is 0 Å². The molecular formula is C27H31N3O. The highest BCUT2D eigenvalue weighted by molar-refractivity contribution is 5.95. The topological polar surface area (TPSA) is 58.4 Å². The largest absolute Gasteiger partial charge is 0.399 e. The summed E-state index contributed by atoms with van der Waals surface area (Å²) in [6.45, 7) is 3.34. The van der Waals surface area contributed by atoms with Gasteiger partial charge in [0.2, 0.25) is 0 Å². The van der Waals surface area contributed by atoms with Gasteiger partial charge in [-0.25, -0.2) is 0 Å². The number of carbonyl (C=O) groups is 1. The van der Waals surface area contributed by atoms with E-state index in [-0.39, 0.29) is 5.91 Å². The summed E-state index contributed by atoms with van der Waals surface area (Å²) in [4.78, 5) is 15.2. The molecule has 0 radical (unpaired) electrons. The number of rotatable bonds is 8. The highest BCUT2D eigenvalue weighted by Crippen LogP contribution is 2.23. The Balaban J connectivity index is 1.30. The van der Waals surface area contributed by atoms with E-state index in [0.717, 1.165) is 62.1 Å². The number of fused-ring (bicyclic) bond motifs is 1. The number of unbranched alkanes of at least 4 members (excludes halogenated alkanes) is 1. The van der Waals surface area contributed by atoms with Gasteiger partial charge in [-0.2, -0.15) is 0 Å². The third kappa shape index (κ3) is 5.74. The molecule has 0 bridgehead atoms. The van der Waals surface area contributed by atoms with Crippen molar-refractivity contribution >= 4 is 11.6 Å². The molecule has 1 aliphatic rings. The van der Waals surface area contributed by atoms with Crippen LogP contribution >= 0.6 is 0 Å². The van der Waals surface area contributed by atoms with E-state index in [0.29, 0.717) is 6.54 Å². The Morgan fingerprint density at radius 3 is 2.61 bits per heavy atom. The molecule has 0 atom stereocenters. The van der Waals surface area contributed by atoms with Gasteiger partial charge in [-0.1, -0.05) is 54.6 Å². The zero-order valence-corrected chi connectivity index (χ0v) is 18.0. The van der Waals surface area contributed by atoms with Crippen LogP contribution in [-0.4, -0.2) is 23.9 Å². The van der Waals surface area contributed by atoms with Crippen molar-refractivity contribution < 1.29 is 4.79 Å². The fourth-order valence-corrected chi connectivity index (χ4v) is 4.29. The van der Waals surface area contributed by atoms with E-state index in [1.54, 1.807) is 0 Å². The lowest BCUT2D eigenvalue weighted by Gasteiger charge is -2.29. The third-order valence-corrected chi connectivity index (χ3v) is 6.00. The van der Waals surface area contributed by atoms with E-state index in [4.69, 9.17) is 5.73 Å². The van der Waals surface area contributed by atoms with Gasteiger partial charge in [0.25, 0.3) is 5.91 Å². The first-order chi connectivity index (χ1) is 15.2. The summed E-state index contributed by atoms with van der Waals surface area (Å²) in [5, 5.41) is 3.11. The minimum atomic E-state index is 0.0250. The summed E-state index contributed by atoms with van der Waals surface area (Å²) in [5.41, 5.74) is 12.7. The molecule has 0 fully saturated rings. The van der Waals surface area contributed by atoms with E-state index in [1.165, 1.54) is 16.7 Å². The Morgan fingerprint density at radius 1 is 0.935 bits per heavy atom. The molecular weight excluding hydrogens is 382 g/mol. The summed E-state index contributed by atoms with van der Waals surface area (Å²) in [5.74, 6) is 0.0250. The van der Waals surface area contributed by atoms with Crippen LogP contribution in [0.2, 0.25) is 0 Å². The van der Waals surface area contributed by atoms with Gasteiger partial charge in [0.1, 0.15) is 0 Å². The fraction of sp³-hybridized carbons (Fsp3) is 0.296. The Hall–Kier alpha value is -3.11. The van der Waals surface area contributed by atoms with Crippen molar-refractivity contribution in [2.75, 3.05) is 18.8 Å². The second-order valence-corrected chi connectivity index (χ2v) is 8.34. The number of hydrogen-bond donors (Lipinski definition) is 2. The molecule has 0 saturated carbocycles. The molecule has 31 heavy (non-hydrogen) atoms. The minimum absolute atomic E-state index is 0.0250. The van der Waals surface area contributed by atoms with Gasteiger partial charge in [-0.05, 0) is 66.1 Å². The van der Waals surface area contributed by atoms with Crippen LogP contribution in [0, 0.1) is 0 Å². The van der Waals surface area contributed by atoms with E-state index in [9.17, 15) is 4.79 Å². The average molecular weight is 414 g/mol. The standard InChI is InChI=1S/C27H31N3O/c28-25-14-13-22-15-17-30(20-24(22)18-25)19-23-11-4-5-12-26(23)27(31)29-16-7-6-10-21-8-2-1-3-9-21/h1-5,8-9,11-14,18H,6-7,10,15-17,19-20,28H2,(H,29,31). The van der Waals surface area contributed by atoms with Gasteiger partial charge in [0.15, 0.2) is 0 Å². The number of anilines is 1. The maximum absolute atomic E-state index is 12.8. The fourth-order valence-electron chi connectivity index (χ4n) is 4.29. The van der Waals surface area contributed by atoms with Crippen LogP contribution in [0.5, 0.6) is 0 Å². The number of nitrogen functional groups attached to an aromatic ring is 1. The normalized spacial score (nSPS) is 13.5. The van der Waals surface area contributed by atoms with Gasteiger partial charge in [0.05, 0.1) is 0 Å². The molecule has 1 heterocycles. The van der Waals surface area contributed by atoms with Crippen molar-refractivity contribution in [3.8, 4) is 0 Å². The van der Waals surface area contributed by atoms with Crippen molar-refractivity contribution in [1.29, 1.82) is 0 Å². The van der Waals surface area contributed by atoms with Gasteiger partial charge in [0, 0.05) is 37.4 Å². The summed E-state index contributed by atoms with van der Waals surface area (Å²) in [7, 11) is 0. The summed E-state index contributed by atoms with van der Waals surface area (Å²) in [6.07, 6.45) is 4.12. The van der Waals surface area contributed by atoms with Crippen molar-refractivity contribution in [2.24, 2.45) is 0 Å². The van der Waals surface area contributed by atoms with E-state index in [1.807, 2.05) is 30.3 Å². The highest BCUT2D eigenvalue weighted by Gasteiger charge is 2.19. The van der Waals surface area contributed by atoms with E-state index < -0.39 is 0 Å². The molecule has 0 spiro atoms. The Morgan fingerprint density at radius 2 is 1.74 bits per heavy atom. The molecule has 0 saturated heterocycles. The maximum atomic E-state index is 12.8. The number of benzene rings is 3. The van der Waals surface area contributed by atoms with Crippen molar-refractivity contribution in [3.05, 3.63) is 101 Å². The SMILES string of the molecule is Nc1ccc2c(c1)CN(Cc1ccccc1C(=O)NCCCCc1ccccc1)CC2. The van der Waals surface area contributed by atoms with Crippen molar-refractivity contribution in [2.45, 2.75) is 38.8 Å². The first-order valence-electron chi connectivity index (χ1n) is 11.2. The monoisotopic (exact) mass is 413 g/mol. The Kier molecular flexibility index (Phi) is 7.00. The quantitative estimate of drug-likeness (QED) is 0.420. The van der Waals surface area contributed by atoms with Gasteiger partial charge in [-0.15, -0.1) is 0 Å². The van der Waals surface area contributed by atoms with Crippen LogP contribution < -0.4 is 11.1 Å². The summed E-state index contributed by atoms with van der Waals surface area (Å²) in [6, 6.07) is 24.7. The molecule has 0 aliphatic carbocycles. The van der Waals surface area contributed by atoms with Crippen LogP contribution in [0.25, 0.3) is 0 Å². The zero-order valence-electron chi connectivity index (χ0n) is 18.0. The number of nitrogens with zero attached hydrogens (tertiary/aromatic N) is 1. The Labute approximate surface area is 185 Å². The molecule has 4 rings (SSSR count). The van der Waals surface area contributed by atoms with Gasteiger partial charge < -0.3 is 11.1 Å². The van der Waals surface area contributed by atoms with Crippen LogP contribution in [0.3, 0.4) is 0 Å². The highest BCUT2D eigenvalue weighted by atomic mass is 16.1. The molecule has 0 unspecified atom stereocenters. The average Bonchev–Trinajstić information content (AvgIpc) is 2.79. The van der Waals surface area contributed by atoms with Crippen LogP contribution in [-0.2, 0) is 25.9 Å². The number of hydrogen-bond acceptors (Lipinski definition) is 3. The number of amides is 1. The molecule has 3 aromatic rings. The number of carbonyl (C=O) groups excluding carboxylic acids is 1. The number of nitrogens with one attached hydrogen (secondary N) is 1. The van der Waals surface area contributed by atoms with Crippen molar-refractivity contribution in [1.82, 2.24) is 10.2 Å². The lowest BCUT2D eigenvalue weighted by Crippen LogP contribution is -2.32. The number of nitrogens with two attached hydrogens (primary N) is 1. The second-order valence-electron chi connectivity index (χ2n) is 8.34. The molecule has 3 N–H and O–H groups in total. The third-order valence-electron chi connectivity index (χ3n) is 6.00. The summed E-state index contributed by atoms with van der Waals surface area (Å²) < 4.78 is 0. The predicted octanol–water partition coefficient (Wildman–Crippen LogP) is 4.58. The van der Waals surface area contributed by atoms with Crippen LogP contribution in [0.4, 0.5) is 5.69 Å². The van der Waals surface area contributed by atoms with Crippen molar-refractivity contribution in [3.63, 3.8) is 0 Å². The lowest BCUT2D eigenvalue weighted by atomic mass is 9.98. The molecule has 160 valence electrons. The maximum Gasteiger partial charge on any atom is 0.251 e. The van der Waals surface area contributed by atoms with Crippen LogP contribution in [0.15, 0.2) is 72.8 Å². The minimum Gasteiger partial charge on any atom is -0.399 e. The zero-order chi connectivity index (χ0) is 21.5. The summed E-state index contributed by atoms with van der Waals surface area (Å²) >= 11 is 0. The molecule has 0 aromatic heterocycles. The first-order valence-corrected chi connectivity index (χ1v) is 11.2. The van der Waals surface area contributed by atoms with Crippen LogP contribution in [0.1, 0.15) is 45.5 Å². The smallest absolute Gasteiger partial charge is 0.251 e. The second kappa shape index (κ2) is 10.3. The molecule has 3 aromatic carbocycles. The van der Waals surface area contributed by atoms with Gasteiger partial charge >= 0.3 is 0 Å². The Bertz CT molecular complexity index is 1020. The molecule has 4 nitrogen and oxygen atoms in total. The predicted molar refractivity (Wildman–Crippen MR) is 127 cm³/mol. The lowest BCUT2D eigenvalue weighted by molar-refractivity contribution is 0.0950.